The second-order valence-electron chi connectivity index (χ2n) is 2.91. The molecule has 0 bridgehead atoms. The number of carbonyl (C=O) groups is 1. The van der Waals surface area contributed by atoms with E-state index in [1.165, 1.54) is 10.8 Å². The van der Waals surface area contributed by atoms with Crippen LogP contribution in [0.1, 0.15) is 39.0 Å². The minimum Gasteiger partial charge on any atom is -0.450 e. The van der Waals surface area contributed by atoms with Crippen LogP contribution in [0.2, 0.25) is 0 Å². The number of halogens is 1. The van der Waals surface area contributed by atoms with Crippen LogP contribution in [0.4, 0.5) is 4.79 Å². The van der Waals surface area contributed by atoms with E-state index in [1.807, 2.05) is 0 Å². The smallest absolute Gasteiger partial charge is 0.450 e. The molecule has 1 saturated carbocycles. The van der Waals surface area contributed by atoms with Gasteiger partial charge in [0.1, 0.15) is 6.10 Å². The fourth-order valence-electron chi connectivity index (χ4n) is 1.33. The summed E-state index contributed by atoms with van der Waals surface area (Å²) in [6.07, 6.45) is 4.10. The van der Waals surface area contributed by atoms with Gasteiger partial charge in [0, 0.05) is 0 Å². The second-order valence-corrected chi connectivity index (χ2v) is 4.44. The van der Waals surface area contributed by atoms with Gasteiger partial charge in [0.05, 0.1) is 0 Å². The SMILES string of the molecule is CCI.O=C(O)OC1CCCCC1. The van der Waals surface area contributed by atoms with Gasteiger partial charge in [0.15, 0.2) is 0 Å². The third-order valence-corrected chi connectivity index (χ3v) is 1.82. The summed E-state index contributed by atoms with van der Waals surface area (Å²) in [6, 6.07) is 0. The van der Waals surface area contributed by atoms with Crippen molar-refractivity contribution in [1.82, 2.24) is 0 Å². The highest BCUT2D eigenvalue weighted by Crippen LogP contribution is 2.19. The normalized spacial score (nSPS) is 17.1. The summed E-state index contributed by atoms with van der Waals surface area (Å²) < 4.78 is 5.83. The van der Waals surface area contributed by atoms with E-state index >= 15 is 0 Å². The van der Waals surface area contributed by atoms with E-state index in [0.29, 0.717) is 0 Å². The largest absolute Gasteiger partial charge is 0.506 e. The minimum absolute atomic E-state index is 0.0220. The molecule has 1 rings (SSSR count). The van der Waals surface area contributed by atoms with Crippen molar-refractivity contribution in [1.29, 1.82) is 0 Å². The predicted octanol–water partition coefficient (Wildman–Crippen LogP) is 3.46. The van der Waals surface area contributed by atoms with Crippen LogP contribution < -0.4 is 0 Å². The molecule has 1 aliphatic rings. The Morgan fingerprint density at radius 3 is 2.31 bits per heavy atom. The molecule has 0 saturated heterocycles. The van der Waals surface area contributed by atoms with Crippen LogP contribution in [0.25, 0.3) is 0 Å². The average Bonchev–Trinajstić information content (AvgIpc) is 2.06. The van der Waals surface area contributed by atoms with E-state index in [9.17, 15) is 4.79 Å². The zero-order valence-electron chi connectivity index (χ0n) is 7.96. The lowest BCUT2D eigenvalue weighted by Gasteiger charge is -2.19. The number of alkyl halides is 1. The highest BCUT2D eigenvalue weighted by molar-refractivity contribution is 14.1. The molecule has 3 nitrogen and oxygen atoms in total. The van der Waals surface area contributed by atoms with Crippen LogP contribution in [0.5, 0.6) is 0 Å². The minimum atomic E-state index is -1.13. The van der Waals surface area contributed by atoms with Crippen LogP contribution >= 0.6 is 22.6 Å². The van der Waals surface area contributed by atoms with Gasteiger partial charge in [-0.15, -0.1) is 0 Å². The summed E-state index contributed by atoms with van der Waals surface area (Å²) in [5.41, 5.74) is 0. The molecular weight excluding hydrogens is 283 g/mol. The molecule has 1 N–H and O–H groups in total. The first-order valence-electron chi connectivity index (χ1n) is 4.66. The number of hydrogen-bond acceptors (Lipinski definition) is 2. The van der Waals surface area contributed by atoms with E-state index < -0.39 is 6.16 Å². The fourth-order valence-corrected chi connectivity index (χ4v) is 1.33. The summed E-state index contributed by atoms with van der Waals surface area (Å²) in [5, 5.41) is 8.24. The molecule has 4 heteroatoms. The average molecular weight is 300 g/mol. The number of ether oxygens (including phenoxy) is 1. The van der Waals surface area contributed by atoms with E-state index in [4.69, 9.17) is 5.11 Å². The van der Waals surface area contributed by atoms with Gasteiger partial charge in [0.25, 0.3) is 0 Å². The first-order chi connectivity index (χ1) is 6.20. The fraction of sp³-hybridized carbons (Fsp3) is 0.889. The summed E-state index contributed by atoms with van der Waals surface area (Å²) >= 11 is 2.29. The monoisotopic (exact) mass is 300 g/mol. The van der Waals surface area contributed by atoms with Crippen molar-refractivity contribution in [2.45, 2.75) is 45.1 Å². The molecule has 0 radical (unpaired) electrons. The Hall–Kier alpha value is 0. The van der Waals surface area contributed by atoms with Gasteiger partial charge >= 0.3 is 6.16 Å². The van der Waals surface area contributed by atoms with Gasteiger partial charge in [-0.25, -0.2) is 4.79 Å². The Morgan fingerprint density at radius 2 is 1.92 bits per heavy atom. The third-order valence-electron chi connectivity index (χ3n) is 1.82. The maximum absolute atomic E-state index is 10.0. The van der Waals surface area contributed by atoms with Crippen LogP contribution in [0.3, 0.4) is 0 Å². The Morgan fingerprint density at radius 1 is 1.46 bits per heavy atom. The van der Waals surface area contributed by atoms with Crippen LogP contribution in [-0.4, -0.2) is 21.8 Å². The van der Waals surface area contributed by atoms with E-state index in [2.05, 4.69) is 34.3 Å². The highest BCUT2D eigenvalue weighted by atomic mass is 127. The number of hydrogen-bond donors (Lipinski definition) is 1. The maximum Gasteiger partial charge on any atom is 0.506 e. The molecule has 0 aromatic heterocycles. The van der Waals surface area contributed by atoms with Crippen molar-refractivity contribution in [3.63, 3.8) is 0 Å². The van der Waals surface area contributed by atoms with Crippen molar-refractivity contribution in [3.8, 4) is 0 Å². The molecule has 0 atom stereocenters. The topological polar surface area (TPSA) is 46.5 Å². The molecule has 0 spiro atoms. The van der Waals surface area contributed by atoms with Crippen molar-refractivity contribution >= 4 is 28.7 Å². The zero-order chi connectivity index (χ0) is 10.1. The summed E-state index contributed by atoms with van der Waals surface area (Å²) in [7, 11) is 0. The lowest BCUT2D eigenvalue weighted by Crippen LogP contribution is -2.19. The highest BCUT2D eigenvalue weighted by Gasteiger charge is 2.16. The molecule has 0 aromatic rings. The van der Waals surface area contributed by atoms with Crippen molar-refractivity contribution < 1.29 is 14.6 Å². The van der Waals surface area contributed by atoms with Crippen molar-refractivity contribution in [2.75, 3.05) is 4.43 Å². The zero-order valence-corrected chi connectivity index (χ0v) is 10.1. The van der Waals surface area contributed by atoms with Gasteiger partial charge in [-0.3, -0.25) is 0 Å². The molecule has 0 amide bonds. The Labute approximate surface area is 93.0 Å². The summed E-state index contributed by atoms with van der Waals surface area (Å²) in [5.74, 6) is 0. The molecule has 78 valence electrons. The Balaban J connectivity index is 0.000000424. The van der Waals surface area contributed by atoms with Gasteiger partial charge in [0.2, 0.25) is 0 Å². The second kappa shape index (κ2) is 8.59. The van der Waals surface area contributed by atoms with Gasteiger partial charge in [-0.1, -0.05) is 35.9 Å². The lowest BCUT2D eigenvalue weighted by atomic mass is 9.98. The molecular formula is C9H17IO3. The first kappa shape index (κ1) is 13.0. The lowest BCUT2D eigenvalue weighted by molar-refractivity contribution is 0.0358. The summed E-state index contributed by atoms with van der Waals surface area (Å²) in [6.45, 7) is 2.11. The molecule has 0 unspecified atom stereocenters. The summed E-state index contributed by atoms with van der Waals surface area (Å²) in [4.78, 5) is 10.0. The van der Waals surface area contributed by atoms with Crippen LogP contribution in [-0.2, 0) is 4.74 Å². The Bertz CT molecular complexity index is 133. The standard InChI is InChI=1S/C7H12O3.C2H5I/c8-7(9)10-6-4-2-1-3-5-6;1-2-3/h6H,1-5H2,(H,8,9);2H2,1H3. The molecule has 0 aromatic carbocycles. The molecule has 1 aliphatic carbocycles. The molecule has 13 heavy (non-hydrogen) atoms. The van der Waals surface area contributed by atoms with E-state index in [1.54, 1.807) is 0 Å². The number of rotatable bonds is 1. The quantitative estimate of drug-likeness (QED) is 0.458. The van der Waals surface area contributed by atoms with Crippen LogP contribution in [0, 0.1) is 0 Å². The molecule has 0 heterocycles. The van der Waals surface area contributed by atoms with E-state index in [0.717, 1.165) is 25.7 Å². The van der Waals surface area contributed by atoms with Gasteiger partial charge in [-0.2, -0.15) is 0 Å². The van der Waals surface area contributed by atoms with Gasteiger partial charge < -0.3 is 9.84 Å². The molecule has 1 fully saturated rings. The first-order valence-corrected chi connectivity index (χ1v) is 6.18. The van der Waals surface area contributed by atoms with E-state index in [-0.39, 0.29) is 6.10 Å². The molecule has 0 aliphatic heterocycles. The maximum atomic E-state index is 10.0. The number of carboxylic acid groups (broad SMARTS) is 1. The van der Waals surface area contributed by atoms with Crippen molar-refractivity contribution in [3.05, 3.63) is 0 Å². The van der Waals surface area contributed by atoms with Crippen LogP contribution in [0.15, 0.2) is 0 Å². The third kappa shape index (κ3) is 8.33. The predicted molar refractivity (Wildman–Crippen MR) is 60.5 cm³/mol. The van der Waals surface area contributed by atoms with Crippen molar-refractivity contribution in [2.24, 2.45) is 0 Å². The van der Waals surface area contributed by atoms with Gasteiger partial charge in [-0.05, 0) is 30.1 Å². The Kier molecular flexibility index (Phi) is 8.59.